The van der Waals surface area contributed by atoms with Crippen molar-refractivity contribution in [1.82, 2.24) is 9.46 Å². The Morgan fingerprint density at radius 2 is 2.29 bits per heavy atom. The van der Waals surface area contributed by atoms with Gasteiger partial charge in [-0.25, -0.2) is 8.42 Å². The maximum absolute atomic E-state index is 12.0. The summed E-state index contributed by atoms with van der Waals surface area (Å²) in [4.78, 5) is 0. The minimum atomic E-state index is -3.39. The van der Waals surface area contributed by atoms with Crippen molar-refractivity contribution in [1.29, 1.82) is 0 Å². The largest absolute Gasteiger partial charge is 0.372 e. The molecule has 0 amide bonds. The van der Waals surface area contributed by atoms with Crippen LogP contribution in [0.4, 0.5) is 0 Å². The van der Waals surface area contributed by atoms with E-state index in [1.54, 1.807) is 0 Å². The summed E-state index contributed by atoms with van der Waals surface area (Å²) >= 11 is 5.59. The molecule has 1 saturated heterocycles. The van der Waals surface area contributed by atoms with E-state index in [9.17, 15) is 8.42 Å². The average molecular weight is 335 g/mol. The van der Waals surface area contributed by atoms with E-state index in [2.05, 4.69) is 11.7 Å². The first-order valence-corrected chi connectivity index (χ1v) is 8.62. The zero-order valence-corrected chi connectivity index (χ0v) is 13.7. The molecule has 21 heavy (non-hydrogen) atoms. The highest BCUT2D eigenvalue weighted by atomic mass is 35.5. The maximum atomic E-state index is 12.0. The molecule has 0 radical (unpaired) electrons. The minimum Gasteiger partial charge on any atom is -0.372 e. The maximum Gasteiger partial charge on any atom is 0.219 e. The topological polar surface area (TPSA) is 72.6 Å². The molecule has 1 aromatic rings. The van der Waals surface area contributed by atoms with Crippen LogP contribution in [0, 0.1) is 13.8 Å². The number of aromatic nitrogens is 1. The molecule has 2 rings (SSSR count). The molecule has 1 aliphatic rings. The third kappa shape index (κ3) is 4.06. The lowest BCUT2D eigenvalue weighted by molar-refractivity contribution is 0.0500. The third-order valence-electron chi connectivity index (χ3n) is 3.48. The van der Waals surface area contributed by atoms with Crippen molar-refractivity contribution in [2.75, 3.05) is 18.8 Å². The van der Waals surface area contributed by atoms with E-state index in [4.69, 9.17) is 20.9 Å². The number of nitrogens with zero attached hydrogens (tertiary/aromatic N) is 2. The second kappa shape index (κ2) is 6.48. The molecule has 0 bridgehead atoms. The Balaban J connectivity index is 1.90. The molecular formula is C13H19ClN2O4S. The molecule has 6 nitrogen and oxygen atoms in total. The molecule has 0 N–H and O–H groups in total. The molecule has 0 saturated carbocycles. The average Bonchev–Trinajstić information content (AvgIpc) is 2.94. The Kier molecular flexibility index (Phi) is 5.08. The molecule has 1 atom stereocenters. The summed E-state index contributed by atoms with van der Waals surface area (Å²) in [6.07, 6.45) is 0.536. The number of sulfonamides is 1. The van der Waals surface area contributed by atoms with Crippen LogP contribution in [0.1, 0.15) is 23.4 Å². The highest BCUT2D eigenvalue weighted by Crippen LogP contribution is 2.21. The van der Waals surface area contributed by atoms with Crippen LogP contribution >= 0.6 is 11.6 Å². The van der Waals surface area contributed by atoms with E-state index in [0.29, 0.717) is 26.1 Å². The van der Waals surface area contributed by atoms with Crippen LogP contribution in [0.5, 0.6) is 0 Å². The Labute approximate surface area is 129 Å². The molecule has 1 fully saturated rings. The van der Waals surface area contributed by atoms with Crippen LogP contribution in [-0.2, 0) is 21.4 Å². The van der Waals surface area contributed by atoms with Gasteiger partial charge in [0.2, 0.25) is 10.0 Å². The summed E-state index contributed by atoms with van der Waals surface area (Å²) in [6, 6.07) is 0. The Morgan fingerprint density at radius 3 is 2.86 bits per heavy atom. The van der Waals surface area contributed by atoms with Crippen LogP contribution < -0.4 is 0 Å². The first-order chi connectivity index (χ1) is 9.79. The number of halogens is 1. The summed E-state index contributed by atoms with van der Waals surface area (Å²) in [5.41, 5.74) is 1.72. The first-order valence-electron chi connectivity index (χ1n) is 6.64. The van der Waals surface area contributed by atoms with Gasteiger partial charge in [-0.05, 0) is 20.3 Å². The van der Waals surface area contributed by atoms with E-state index in [1.807, 2.05) is 13.8 Å². The predicted octanol–water partition coefficient (Wildman–Crippen LogP) is 1.96. The molecule has 0 aliphatic carbocycles. The summed E-state index contributed by atoms with van der Waals surface area (Å²) < 4.78 is 36.3. The van der Waals surface area contributed by atoms with Gasteiger partial charge in [0.25, 0.3) is 0 Å². The molecular weight excluding hydrogens is 316 g/mol. The van der Waals surface area contributed by atoms with Gasteiger partial charge in [-0.15, -0.1) is 0 Å². The van der Waals surface area contributed by atoms with E-state index in [-0.39, 0.29) is 16.9 Å². The SMILES string of the molecule is C=C(Cl)CS(=O)(=O)N1CCC(OCc2c(C)noc2C)C1. The van der Waals surface area contributed by atoms with Crippen LogP contribution in [0.2, 0.25) is 0 Å². The van der Waals surface area contributed by atoms with E-state index >= 15 is 0 Å². The van der Waals surface area contributed by atoms with Gasteiger partial charge < -0.3 is 9.26 Å². The predicted molar refractivity (Wildman–Crippen MR) is 79.5 cm³/mol. The molecule has 1 aromatic heterocycles. The number of rotatable bonds is 6. The Morgan fingerprint density at radius 1 is 1.57 bits per heavy atom. The van der Waals surface area contributed by atoms with Crippen LogP contribution in [-0.4, -0.2) is 42.8 Å². The Hall–Kier alpha value is -0.890. The van der Waals surface area contributed by atoms with Crippen molar-refractivity contribution < 1.29 is 17.7 Å². The monoisotopic (exact) mass is 334 g/mol. The van der Waals surface area contributed by atoms with Crippen LogP contribution in [0.25, 0.3) is 0 Å². The van der Waals surface area contributed by atoms with Crippen LogP contribution in [0.3, 0.4) is 0 Å². The number of hydrogen-bond donors (Lipinski definition) is 0. The van der Waals surface area contributed by atoms with Crippen molar-refractivity contribution in [3.8, 4) is 0 Å². The van der Waals surface area contributed by atoms with Gasteiger partial charge >= 0.3 is 0 Å². The smallest absolute Gasteiger partial charge is 0.219 e. The normalized spacial score (nSPS) is 20.0. The van der Waals surface area contributed by atoms with Gasteiger partial charge in [-0.3, -0.25) is 0 Å². The second-order valence-corrected chi connectivity index (χ2v) is 7.66. The standard InChI is InChI=1S/C13H19ClN2O4S/c1-9(14)8-21(17,18)16-5-4-12(6-16)19-7-13-10(2)15-20-11(13)3/h12H,1,4-8H2,2-3H3. The summed E-state index contributed by atoms with van der Waals surface area (Å²) in [7, 11) is -3.39. The minimum absolute atomic E-state index is 0.120. The summed E-state index contributed by atoms with van der Waals surface area (Å²) in [6.45, 7) is 8.28. The lowest BCUT2D eigenvalue weighted by Crippen LogP contribution is -2.32. The molecule has 2 heterocycles. The fraction of sp³-hybridized carbons (Fsp3) is 0.615. The highest BCUT2D eigenvalue weighted by Gasteiger charge is 2.32. The van der Waals surface area contributed by atoms with Crippen molar-refractivity contribution in [2.45, 2.75) is 33.0 Å². The number of aryl methyl sites for hydroxylation is 2. The lowest BCUT2D eigenvalue weighted by Gasteiger charge is -2.16. The van der Waals surface area contributed by atoms with Crippen molar-refractivity contribution in [3.63, 3.8) is 0 Å². The van der Waals surface area contributed by atoms with Crippen molar-refractivity contribution in [3.05, 3.63) is 28.6 Å². The molecule has 1 unspecified atom stereocenters. The fourth-order valence-corrected chi connectivity index (χ4v) is 4.05. The second-order valence-electron chi connectivity index (χ2n) is 5.16. The van der Waals surface area contributed by atoms with Crippen molar-refractivity contribution in [2.24, 2.45) is 0 Å². The fourth-order valence-electron chi connectivity index (χ4n) is 2.28. The van der Waals surface area contributed by atoms with Gasteiger partial charge in [0.15, 0.2) is 0 Å². The van der Waals surface area contributed by atoms with Gasteiger partial charge in [0.1, 0.15) is 5.76 Å². The van der Waals surface area contributed by atoms with E-state index < -0.39 is 10.0 Å². The quantitative estimate of drug-likeness (QED) is 0.795. The molecule has 0 spiro atoms. The summed E-state index contributed by atoms with van der Waals surface area (Å²) in [5.74, 6) is 0.499. The van der Waals surface area contributed by atoms with Gasteiger partial charge in [-0.1, -0.05) is 23.3 Å². The molecule has 118 valence electrons. The van der Waals surface area contributed by atoms with Crippen LogP contribution in [0.15, 0.2) is 16.1 Å². The van der Waals surface area contributed by atoms with E-state index in [1.165, 1.54) is 4.31 Å². The zero-order valence-electron chi connectivity index (χ0n) is 12.1. The molecule has 0 aromatic carbocycles. The summed E-state index contributed by atoms with van der Waals surface area (Å²) in [5, 5.41) is 3.98. The third-order valence-corrected chi connectivity index (χ3v) is 5.61. The van der Waals surface area contributed by atoms with Gasteiger partial charge in [-0.2, -0.15) is 4.31 Å². The van der Waals surface area contributed by atoms with E-state index in [0.717, 1.165) is 17.0 Å². The lowest BCUT2D eigenvalue weighted by atomic mass is 10.2. The molecule has 8 heteroatoms. The zero-order chi connectivity index (χ0) is 15.6. The van der Waals surface area contributed by atoms with Gasteiger partial charge in [0.05, 0.1) is 24.2 Å². The Bertz CT molecular complexity index is 607. The number of ether oxygens (including phenoxy) is 1. The molecule has 1 aliphatic heterocycles. The highest BCUT2D eigenvalue weighted by molar-refractivity contribution is 7.89. The number of hydrogen-bond acceptors (Lipinski definition) is 5. The van der Waals surface area contributed by atoms with Gasteiger partial charge in [0, 0.05) is 23.7 Å². The van der Waals surface area contributed by atoms with Crippen molar-refractivity contribution >= 4 is 21.6 Å². The first kappa shape index (κ1) is 16.5.